The van der Waals surface area contributed by atoms with Crippen molar-refractivity contribution in [3.05, 3.63) is 168 Å². The van der Waals surface area contributed by atoms with Gasteiger partial charge in [-0.3, -0.25) is 4.79 Å². The number of nitrogens with zero attached hydrogens (tertiary/aromatic N) is 2. The maximum atomic E-state index is 14.2. The first-order chi connectivity index (χ1) is 23.3. The van der Waals surface area contributed by atoms with Gasteiger partial charge in [0.1, 0.15) is 5.58 Å². The molecule has 3 heterocycles. The Bertz CT molecular complexity index is 2910. The lowest BCUT2D eigenvalue weighted by molar-refractivity contribution is 0.657. The van der Waals surface area contributed by atoms with Crippen molar-refractivity contribution in [2.45, 2.75) is 0 Å². The number of hydrogen-bond acceptors (Lipinski definition) is 2. The molecule has 0 aliphatic rings. The Morgan fingerprint density at radius 2 is 1.13 bits per heavy atom. The Morgan fingerprint density at radius 3 is 1.94 bits per heavy atom. The van der Waals surface area contributed by atoms with Crippen molar-refractivity contribution in [2.24, 2.45) is 0 Å². The predicted octanol–water partition coefficient (Wildman–Crippen LogP) is 10.8. The van der Waals surface area contributed by atoms with Crippen LogP contribution in [0.2, 0.25) is 0 Å². The zero-order valence-electron chi connectivity index (χ0n) is 25.2. The third kappa shape index (κ3) is 3.67. The molecule has 0 bridgehead atoms. The summed E-state index contributed by atoms with van der Waals surface area (Å²) in [5.74, 6) is 0. The number of hydrogen-bond donors (Lipinski definition) is 0. The van der Waals surface area contributed by atoms with E-state index in [2.05, 4.69) is 112 Å². The molecule has 220 valence electrons. The molecular weight excluding hydrogens is 576 g/mol. The highest BCUT2D eigenvalue weighted by molar-refractivity contribution is 6.26. The van der Waals surface area contributed by atoms with Gasteiger partial charge in [0.25, 0.3) is 0 Å². The maximum absolute atomic E-state index is 14.2. The monoisotopic (exact) mass is 602 g/mol. The second kappa shape index (κ2) is 9.80. The molecule has 0 spiro atoms. The Kier molecular flexibility index (Phi) is 5.40. The second-order valence-electron chi connectivity index (χ2n) is 12.1. The van der Waals surface area contributed by atoms with Gasteiger partial charge < -0.3 is 13.6 Å². The molecule has 0 unspecified atom stereocenters. The van der Waals surface area contributed by atoms with Crippen molar-refractivity contribution in [1.29, 1.82) is 0 Å². The fourth-order valence-corrected chi connectivity index (χ4v) is 7.46. The van der Waals surface area contributed by atoms with Crippen molar-refractivity contribution in [3.63, 3.8) is 0 Å². The van der Waals surface area contributed by atoms with Gasteiger partial charge in [-0.1, -0.05) is 103 Å². The van der Waals surface area contributed by atoms with Gasteiger partial charge in [-0.05, 0) is 65.7 Å². The van der Waals surface area contributed by atoms with Gasteiger partial charge in [-0.25, -0.2) is 0 Å². The number of fused-ring (bicyclic) bond motifs is 9. The van der Waals surface area contributed by atoms with E-state index >= 15 is 0 Å². The molecule has 0 radical (unpaired) electrons. The second-order valence-corrected chi connectivity index (χ2v) is 12.1. The maximum Gasteiger partial charge on any atom is 0.200 e. The molecule has 10 aromatic rings. The molecule has 3 aromatic heterocycles. The quantitative estimate of drug-likeness (QED) is 0.189. The molecule has 4 nitrogen and oxygen atoms in total. The van der Waals surface area contributed by atoms with E-state index in [0.29, 0.717) is 21.9 Å². The highest BCUT2D eigenvalue weighted by Gasteiger charge is 2.22. The largest absolute Gasteiger partial charge is 0.454 e. The van der Waals surface area contributed by atoms with Crippen LogP contribution in [0, 0.1) is 0 Å². The van der Waals surface area contributed by atoms with Gasteiger partial charge in [0.05, 0.1) is 38.5 Å². The number of para-hydroxylation sites is 4. The van der Waals surface area contributed by atoms with Crippen molar-refractivity contribution in [3.8, 4) is 22.5 Å². The number of rotatable bonds is 3. The minimum atomic E-state index is -0.0347. The van der Waals surface area contributed by atoms with E-state index in [-0.39, 0.29) is 5.43 Å². The van der Waals surface area contributed by atoms with Crippen molar-refractivity contribution in [2.75, 3.05) is 0 Å². The third-order valence-electron chi connectivity index (χ3n) is 9.51. The Balaban J connectivity index is 1.34. The summed E-state index contributed by atoms with van der Waals surface area (Å²) in [6.07, 6.45) is 0. The van der Waals surface area contributed by atoms with Crippen LogP contribution in [0.5, 0.6) is 0 Å². The van der Waals surface area contributed by atoms with E-state index in [1.165, 1.54) is 5.39 Å². The van der Waals surface area contributed by atoms with Crippen LogP contribution >= 0.6 is 0 Å². The molecule has 47 heavy (non-hydrogen) atoms. The van der Waals surface area contributed by atoms with Crippen LogP contribution in [0.3, 0.4) is 0 Å². The molecule has 0 N–H and O–H groups in total. The standard InChI is InChI=1S/C43H26N2O2/c46-42-33-18-11-21-38(43(33)47-39-25-22-28(26-34(39)42)27-12-3-1-4-13-27)45-35-19-9-7-16-30(35)31-23-24-37-40(41(31)45)32-17-8-10-20-36(32)44(37)29-14-5-2-6-15-29/h1-26H. The average molecular weight is 603 g/mol. The van der Waals surface area contributed by atoms with E-state index < -0.39 is 0 Å². The Morgan fingerprint density at radius 1 is 0.447 bits per heavy atom. The van der Waals surface area contributed by atoms with E-state index in [0.717, 1.165) is 60.7 Å². The molecule has 0 aliphatic heterocycles. The first kappa shape index (κ1) is 25.9. The highest BCUT2D eigenvalue weighted by Crippen LogP contribution is 2.43. The van der Waals surface area contributed by atoms with Crippen LogP contribution in [-0.4, -0.2) is 9.13 Å². The minimum absolute atomic E-state index is 0.0347. The Labute approximate surface area is 268 Å². The first-order valence-corrected chi connectivity index (χ1v) is 15.8. The van der Waals surface area contributed by atoms with Crippen LogP contribution in [0.25, 0.3) is 88.1 Å². The van der Waals surface area contributed by atoms with Crippen LogP contribution in [0.1, 0.15) is 0 Å². The van der Waals surface area contributed by atoms with Gasteiger partial charge in [-0.2, -0.15) is 0 Å². The summed E-state index contributed by atoms with van der Waals surface area (Å²) in [5.41, 5.74) is 9.51. The minimum Gasteiger partial charge on any atom is -0.454 e. The summed E-state index contributed by atoms with van der Waals surface area (Å²) in [5, 5.41) is 5.76. The van der Waals surface area contributed by atoms with E-state index in [9.17, 15) is 4.79 Å². The lowest BCUT2D eigenvalue weighted by Crippen LogP contribution is -2.05. The lowest BCUT2D eigenvalue weighted by atomic mass is 10.0. The topological polar surface area (TPSA) is 40.1 Å². The zero-order valence-corrected chi connectivity index (χ0v) is 25.2. The van der Waals surface area contributed by atoms with Crippen molar-refractivity contribution < 1.29 is 4.42 Å². The molecule has 0 fully saturated rings. The third-order valence-corrected chi connectivity index (χ3v) is 9.51. The zero-order chi connectivity index (χ0) is 31.1. The van der Waals surface area contributed by atoms with Gasteiger partial charge in [0.2, 0.25) is 5.43 Å². The number of benzene rings is 7. The lowest BCUT2D eigenvalue weighted by Gasteiger charge is -2.13. The summed E-state index contributed by atoms with van der Waals surface area (Å²) in [4.78, 5) is 14.2. The molecule has 7 aromatic carbocycles. The summed E-state index contributed by atoms with van der Waals surface area (Å²) in [7, 11) is 0. The molecule has 4 heteroatoms. The smallest absolute Gasteiger partial charge is 0.200 e. The van der Waals surface area contributed by atoms with E-state index in [1.54, 1.807) is 0 Å². The van der Waals surface area contributed by atoms with E-state index in [1.807, 2.05) is 54.6 Å². The normalized spacial score (nSPS) is 11.9. The van der Waals surface area contributed by atoms with Crippen LogP contribution in [0.4, 0.5) is 0 Å². The molecule has 0 saturated heterocycles. The summed E-state index contributed by atoms with van der Waals surface area (Å²) < 4.78 is 11.4. The fourth-order valence-electron chi connectivity index (χ4n) is 7.46. The summed E-state index contributed by atoms with van der Waals surface area (Å²) in [6, 6.07) is 54.0. The van der Waals surface area contributed by atoms with Crippen LogP contribution < -0.4 is 5.43 Å². The summed E-state index contributed by atoms with van der Waals surface area (Å²) >= 11 is 0. The highest BCUT2D eigenvalue weighted by atomic mass is 16.3. The Hall–Kier alpha value is -6.39. The van der Waals surface area contributed by atoms with E-state index in [4.69, 9.17) is 4.42 Å². The summed E-state index contributed by atoms with van der Waals surface area (Å²) in [6.45, 7) is 0. The molecule has 0 aliphatic carbocycles. The van der Waals surface area contributed by atoms with Crippen molar-refractivity contribution >= 4 is 65.6 Å². The molecule has 10 rings (SSSR count). The molecule has 0 saturated carbocycles. The van der Waals surface area contributed by atoms with Crippen LogP contribution in [-0.2, 0) is 0 Å². The fraction of sp³-hybridized carbons (Fsp3) is 0. The van der Waals surface area contributed by atoms with Crippen LogP contribution in [0.15, 0.2) is 167 Å². The first-order valence-electron chi connectivity index (χ1n) is 15.8. The SMILES string of the molecule is O=c1c2cc(-c3ccccc3)ccc2oc2c(-n3c4ccccc4c4ccc5c(c6ccccc6n5-c5ccccc5)c43)cccc12. The van der Waals surface area contributed by atoms with Gasteiger partial charge in [-0.15, -0.1) is 0 Å². The average Bonchev–Trinajstić information content (AvgIpc) is 3.65. The van der Waals surface area contributed by atoms with Gasteiger partial charge in [0, 0.05) is 27.2 Å². The van der Waals surface area contributed by atoms with Crippen molar-refractivity contribution in [1.82, 2.24) is 9.13 Å². The predicted molar refractivity (Wildman–Crippen MR) is 194 cm³/mol. The molecule has 0 atom stereocenters. The molecular formula is C43H26N2O2. The van der Waals surface area contributed by atoms with Gasteiger partial charge >= 0.3 is 0 Å². The molecule has 0 amide bonds. The number of aromatic nitrogens is 2. The van der Waals surface area contributed by atoms with Gasteiger partial charge in [0.15, 0.2) is 5.58 Å².